The van der Waals surface area contributed by atoms with Crippen molar-refractivity contribution in [2.75, 3.05) is 32.5 Å². The van der Waals surface area contributed by atoms with Gasteiger partial charge in [-0.3, -0.25) is 9.59 Å². The molecule has 1 aromatic heterocycles. The molecule has 0 atom stereocenters. The molecular formula is C23H26ClN3O3S. The number of halogens is 1. The average Bonchev–Trinajstić information content (AvgIpc) is 3.34. The van der Waals surface area contributed by atoms with Crippen LogP contribution in [0.1, 0.15) is 45.6 Å². The molecule has 0 bridgehead atoms. The van der Waals surface area contributed by atoms with Crippen molar-refractivity contribution >= 4 is 45.7 Å². The number of nitrogens with one attached hydrogen (secondary N) is 1. The van der Waals surface area contributed by atoms with E-state index in [1.54, 1.807) is 48.2 Å². The number of rotatable bonds is 4. The summed E-state index contributed by atoms with van der Waals surface area (Å²) in [6.07, 6.45) is 4.09. The molecule has 2 heterocycles. The zero-order chi connectivity index (χ0) is 22.1. The molecule has 1 saturated heterocycles. The quantitative estimate of drug-likeness (QED) is 0.686. The van der Waals surface area contributed by atoms with Gasteiger partial charge in [-0.15, -0.1) is 11.3 Å². The van der Waals surface area contributed by atoms with Gasteiger partial charge in [0.25, 0.3) is 0 Å². The molecule has 1 aromatic carbocycles. The number of fused-ring (bicyclic) bond motifs is 1. The van der Waals surface area contributed by atoms with Gasteiger partial charge < -0.3 is 15.1 Å². The summed E-state index contributed by atoms with van der Waals surface area (Å²) in [5.41, 5.74) is 2.28. The van der Waals surface area contributed by atoms with Gasteiger partial charge in [-0.2, -0.15) is 0 Å². The van der Waals surface area contributed by atoms with Crippen molar-refractivity contribution in [3.8, 4) is 0 Å². The monoisotopic (exact) mass is 459 g/mol. The van der Waals surface area contributed by atoms with Crippen molar-refractivity contribution < 1.29 is 14.4 Å². The zero-order valence-corrected chi connectivity index (χ0v) is 19.3. The van der Waals surface area contributed by atoms with Crippen LogP contribution in [0.3, 0.4) is 0 Å². The topological polar surface area (TPSA) is 69.7 Å². The number of hydrogen-bond acceptors (Lipinski definition) is 4. The zero-order valence-electron chi connectivity index (χ0n) is 17.7. The predicted octanol–water partition coefficient (Wildman–Crippen LogP) is 4.45. The minimum absolute atomic E-state index is 0.0237. The molecule has 0 radical (unpaired) electrons. The Bertz CT molecular complexity index is 1010. The lowest BCUT2D eigenvalue weighted by Crippen LogP contribution is -2.45. The van der Waals surface area contributed by atoms with Crippen LogP contribution in [-0.4, -0.2) is 54.7 Å². The summed E-state index contributed by atoms with van der Waals surface area (Å²) >= 11 is 7.50. The standard InChI is InChI=1S/C23H26ClN3O3S/c1-26(2)23(30)27-12-10-15(11-13-27)21(29)25-22-19(17-4-3-5-18(17)31-22)20(28)14-6-8-16(24)9-7-14/h6-9,15H,3-5,10-13H2,1-2H3,(H,25,29). The number of aryl methyl sites for hydroxylation is 1. The Morgan fingerprint density at radius 2 is 1.77 bits per heavy atom. The molecule has 2 aliphatic rings. The number of benzene rings is 1. The maximum Gasteiger partial charge on any atom is 0.319 e. The van der Waals surface area contributed by atoms with Gasteiger partial charge in [-0.25, -0.2) is 4.79 Å². The van der Waals surface area contributed by atoms with Crippen molar-refractivity contribution in [3.63, 3.8) is 0 Å². The van der Waals surface area contributed by atoms with Gasteiger partial charge in [-0.05, 0) is 61.9 Å². The molecule has 8 heteroatoms. The summed E-state index contributed by atoms with van der Waals surface area (Å²) < 4.78 is 0. The van der Waals surface area contributed by atoms with Crippen LogP contribution in [0.2, 0.25) is 5.02 Å². The fraction of sp³-hybridized carbons (Fsp3) is 0.435. The summed E-state index contributed by atoms with van der Waals surface area (Å²) in [5.74, 6) is -0.304. The van der Waals surface area contributed by atoms with Gasteiger partial charge in [0, 0.05) is 48.6 Å². The highest BCUT2D eigenvalue weighted by atomic mass is 35.5. The number of thiophene rings is 1. The molecule has 2 aromatic rings. The Kier molecular flexibility index (Phi) is 6.34. The number of anilines is 1. The van der Waals surface area contributed by atoms with E-state index >= 15 is 0 Å². The summed E-state index contributed by atoms with van der Waals surface area (Å²) in [4.78, 5) is 43.0. The van der Waals surface area contributed by atoms with E-state index in [4.69, 9.17) is 11.6 Å². The largest absolute Gasteiger partial charge is 0.331 e. The lowest BCUT2D eigenvalue weighted by Gasteiger charge is -2.33. The van der Waals surface area contributed by atoms with Crippen LogP contribution >= 0.6 is 22.9 Å². The Morgan fingerprint density at radius 1 is 1.10 bits per heavy atom. The number of carbonyl (C=O) groups is 3. The molecule has 0 saturated carbocycles. The number of likely N-dealkylation sites (tertiary alicyclic amines) is 1. The molecule has 1 fully saturated rings. The van der Waals surface area contributed by atoms with Gasteiger partial charge in [0.05, 0.1) is 5.56 Å². The Hall–Kier alpha value is -2.38. The maximum atomic E-state index is 13.3. The molecule has 1 aliphatic heterocycles. The first kappa shape index (κ1) is 21.8. The number of amides is 3. The molecule has 31 heavy (non-hydrogen) atoms. The minimum atomic E-state index is -0.165. The maximum absolute atomic E-state index is 13.3. The number of ketones is 1. The summed E-state index contributed by atoms with van der Waals surface area (Å²) in [5, 5.41) is 4.29. The van der Waals surface area contributed by atoms with Gasteiger partial charge in [0.2, 0.25) is 5.91 Å². The van der Waals surface area contributed by atoms with E-state index < -0.39 is 0 Å². The fourth-order valence-corrected chi connectivity index (χ4v) is 5.72. The van der Waals surface area contributed by atoms with Crippen molar-refractivity contribution in [3.05, 3.63) is 50.9 Å². The predicted molar refractivity (Wildman–Crippen MR) is 123 cm³/mol. The lowest BCUT2D eigenvalue weighted by molar-refractivity contribution is -0.121. The highest BCUT2D eigenvalue weighted by Gasteiger charge is 2.31. The van der Waals surface area contributed by atoms with E-state index in [0.717, 1.165) is 24.8 Å². The first-order chi connectivity index (χ1) is 14.8. The molecule has 1 N–H and O–H groups in total. The smallest absolute Gasteiger partial charge is 0.319 e. The third-order valence-electron chi connectivity index (χ3n) is 6.01. The molecule has 1 aliphatic carbocycles. The summed E-state index contributed by atoms with van der Waals surface area (Å²) in [6.45, 7) is 1.12. The second-order valence-corrected chi connectivity index (χ2v) is 9.87. The van der Waals surface area contributed by atoms with E-state index in [1.807, 2.05) is 0 Å². The average molecular weight is 460 g/mol. The number of hydrogen-bond donors (Lipinski definition) is 1. The van der Waals surface area contributed by atoms with Crippen molar-refractivity contribution in [2.24, 2.45) is 5.92 Å². The molecule has 4 rings (SSSR count). The fourth-order valence-electron chi connectivity index (χ4n) is 4.31. The molecule has 6 nitrogen and oxygen atoms in total. The normalized spacial score (nSPS) is 16.2. The lowest BCUT2D eigenvalue weighted by atomic mass is 9.95. The van der Waals surface area contributed by atoms with Crippen LogP contribution in [0.4, 0.5) is 9.80 Å². The number of urea groups is 1. The summed E-state index contributed by atoms with van der Waals surface area (Å²) in [6, 6.07) is 6.86. The van der Waals surface area contributed by atoms with Crippen molar-refractivity contribution in [1.82, 2.24) is 9.80 Å². The van der Waals surface area contributed by atoms with E-state index in [9.17, 15) is 14.4 Å². The molecular weight excluding hydrogens is 434 g/mol. The van der Waals surface area contributed by atoms with E-state index in [0.29, 0.717) is 47.1 Å². The van der Waals surface area contributed by atoms with Gasteiger partial charge in [-0.1, -0.05) is 11.6 Å². The Balaban J connectivity index is 1.50. The van der Waals surface area contributed by atoms with E-state index in [1.165, 1.54) is 16.2 Å². The SMILES string of the molecule is CN(C)C(=O)N1CCC(C(=O)Nc2sc3c(c2C(=O)c2ccc(Cl)cc2)CCC3)CC1. The summed E-state index contributed by atoms with van der Waals surface area (Å²) in [7, 11) is 3.46. The Morgan fingerprint density at radius 3 is 2.42 bits per heavy atom. The van der Waals surface area contributed by atoms with Crippen LogP contribution < -0.4 is 5.32 Å². The third-order valence-corrected chi connectivity index (χ3v) is 7.47. The van der Waals surface area contributed by atoms with Gasteiger partial charge in [0.1, 0.15) is 5.00 Å². The van der Waals surface area contributed by atoms with Crippen molar-refractivity contribution in [1.29, 1.82) is 0 Å². The number of piperidine rings is 1. The van der Waals surface area contributed by atoms with Crippen LogP contribution in [0.25, 0.3) is 0 Å². The van der Waals surface area contributed by atoms with E-state index in [2.05, 4.69) is 5.32 Å². The third kappa shape index (κ3) is 4.48. The molecule has 0 unspecified atom stereocenters. The van der Waals surface area contributed by atoms with Crippen LogP contribution in [0.15, 0.2) is 24.3 Å². The molecule has 0 spiro atoms. The highest BCUT2D eigenvalue weighted by Crippen LogP contribution is 2.40. The van der Waals surface area contributed by atoms with Crippen LogP contribution in [0, 0.1) is 5.92 Å². The van der Waals surface area contributed by atoms with Gasteiger partial charge in [0.15, 0.2) is 5.78 Å². The van der Waals surface area contributed by atoms with Crippen LogP contribution in [-0.2, 0) is 17.6 Å². The first-order valence-corrected chi connectivity index (χ1v) is 11.8. The van der Waals surface area contributed by atoms with Crippen LogP contribution in [0.5, 0.6) is 0 Å². The second kappa shape index (κ2) is 9.01. The number of carbonyl (C=O) groups excluding carboxylic acids is 3. The molecule has 164 valence electrons. The highest BCUT2D eigenvalue weighted by molar-refractivity contribution is 7.17. The van der Waals surface area contributed by atoms with Crippen molar-refractivity contribution in [2.45, 2.75) is 32.1 Å². The Labute approximate surface area is 191 Å². The van der Waals surface area contributed by atoms with E-state index in [-0.39, 0.29) is 23.6 Å². The minimum Gasteiger partial charge on any atom is -0.331 e. The molecule has 3 amide bonds. The van der Waals surface area contributed by atoms with Gasteiger partial charge >= 0.3 is 6.03 Å². The second-order valence-electron chi connectivity index (χ2n) is 8.33. The first-order valence-electron chi connectivity index (χ1n) is 10.6. The number of nitrogens with zero attached hydrogens (tertiary/aromatic N) is 2.